The number of hydrogen-bond acceptors (Lipinski definition) is 5. The van der Waals surface area contributed by atoms with E-state index in [1.165, 1.54) is 7.11 Å². The van der Waals surface area contributed by atoms with Gasteiger partial charge in [0.25, 0.3) is 0 Å². The van der Waals surface area contributed by atoms with Crippen molar-refractivity contribution < 1.29 is 23.8 Å². The van der Waals surface area contributed by atoms with E-state index in [2.05, 4.69) is 4.74 Å². The van der Waals surface area contributed by atoms with Gasteiger partial charge in [0.1, 0.15) is 12.4 Å². The third kappa shape index (κ3) is 4.99. The number of methoxy groups -OCH3 is 1. The van der Waals surface area contributed by atoms with E-state index in [1.807, 2.05) is 0 Å². The SMILES string of the molecule is COC(=O)c1ccc(COC(=O)C(C)Oc2ccc(Cl)cc2)cc1. The molecule has 1 atom stereocenters. The quantitative estimate of drug-likeness (QED) is 0.746. The van der Waals surface area contributed by atoms with Gasteiger partial charge in [-0.3, -0.25) is 0 Å². The second kappa shape index (κ2) is 8.36. The molecule has 0 aliphatic rings. The molecule has 126 valence electrons. The predicted octanol–water partition coefficient (Wildman–Crippen LogP) is 3.64. The normalized spacial score (nSPS) is 11.5. The van der Waals surface area contributed by atoms with Gasteiger partial charge in [0.2, 0.25) is 0 Å². The fraction of sp³-hybridized carbons (Fsp3) is 0.222. The highest BCUT2D eigenvalue weighted by atomic mass is 35.5. The van der Waals surface area contributed by atoms with Crippen molar-refractivity contribution in [2.24, 2.45) is 0 Å². The van der Waals surface area contributed by atoms with Gasteiger partial charge in [-0.25, -0.2) is 9.59 Å². The van der Waals surface area contributed by atoms with Crippen LogP contribution in [0.2, 0.25) is 5.02 Å². The minimum atomic E-state index is -0.750. The molecule has 0 spiro atoms. The minimum absolute atomic E-state index is 0.0919. The highest BCUT2D eigenvalue weighted by molar-refractivity contribution is 6.30. The van der Waals surface area contributed by atoms with Crippen LogP contribution in [0.5, 0.6) is 5.75 Å². The van der Waals surface area contributed by atoms with E-state index in [-0.39, 0.29) is 6.61 Å². The van der Waals surface area contributed by atoms with Crippen molar-refractivity contribution in [2.75, 3.05) is 7.11 Å². The summed E-state index contributed by atoms with van der Waals surface area (Å²) in [6.07, 6.45) is -0.750. The van der Waals surface area contributed by atoms with Crippen molar-refractivity contribution in [1.29, 1.82) is 0 Å². The Morgan fingerprint density at radius 1 is 1.04 bits per heavy atom. The summed E-state index contributed by atoms with van der Waals surface area (Å²) < 4.78 is 15.3. The molecule has 1 unspecified atom stereocenters. The molecule has 2 rings (SSSR count). The Morgan fingerprint density at radius 2 is 1.67 bits per heavy atom. The van der Waals surface area contributed by atoms with E-state index in [4.69, 9.17) is 21.1 Å². The standard InChI is InChI=1S/C18H17ClO5/c1-12(24-16-9-7-15(19)8-10-16)17(20)23-11-13-3-5-14(6-4-13)18(21)22-2/h3-10,12H,11H2,1-2H3. The first-order valence-corrected chi connectivity index (χ1v) is 7.63. The smallest absolute Gasteiger partial charge is 0.347 e. The van der Waals surface area contributed by atoms with Gasteiger partial charge in [-0.2, -0.15) is 0 Å². The first-order valence-electron chi connectivity index (χ1n) is 7.25. The lowest BCUT2D eigenvalue weighted by atomic mass is 10.1. The molecule has 0 saturated heterocycles. The van der Waals surface area contributed by atoms with Crippen molar-refractivity contribution >= 4 is 23.5 Å². The average Bonchev–Trinajstić information content (AvgIpc) is 2.61. The van der Waals surface area contributed by atoms with Crippen LogP contribution in [-0.2, 0) is 20.9 Å². The number of hydrogen-bond donors (Lipinski definition) is 0. The van der Waals surface area contributed by atoms with Crippen LogP contribution < -0.4 is 4.74 Å². The summed E-state index contributed by atoms with van der Waals surface area (Å²) in [6, 6.07) is 13.3. The Bertz CT molecular complexity index is 694. The van der Waals surface area contributed by atoms with E-state index in [9.17, 15) is 9.59 Å². The van der Waals surface area contributed by atoms with E-state index in [0.29, 0.717) is 16.3 Å². The van der Waals surface area contributed by atoms with Crippen LogP contribution >= 0.6 is 11.6 Å². The maximum absolute atomic E-state index is 12.0. The van der Waals surface area contributed by atoms with Crippen molar-refractivity contribution in [3.8, 4) is 5.75 Å². The van der Waals surface area contributed by atoms with Gasteiger partial charge in [0, 0.05) is 5.02 Å². The molecular weight excluding hydrogens is 332 g/mol. The molecule has 0 heterocycles. The molecule has 0 saturated carbocycles. The van der Waals surface area contributed by atoms with Crippen molar-refractivity contribution in [2.45, 2.75) is 19.6 Å². The zero-order valence-corrected chi connectivity index (χ0v) is 14.1. The van der Waals surface area contributed by atoms with Crippen LogP contribution in [0.15, 0.2) is 48.5 Å². The number of carbonyl (C=O) groups excluding carboxylic acids is 2. The molecular formula is C18H17ClO5. The van der Waals surface area contributed by atoms with Crippen molar-refractivity contribution in [1.82, 2.24) is 0 Å². The van der Waals surface area contributed by atoms with E-state index in [1.54, 1.807) is 55.5 Å². The van der Waals surface area contributed by atoms with Gasteiger partial charge < -0.3 is 14.2 Å². The van der Waals surface area contributed by atoms with Gasteiger partial charge in [-0.15, -0.1) is 0 Å². The number of ether oxygens (including phenoxy) is 3. The molecule has 0 radical (unpaired) electrons. The molecule has 0 bridgehead atoms. The Morgan fingerprint density at radius 3 is 2.25 bits per heavy atom. The van der Waals surface area contributed by atoms with Crippen LogP contribution in [0.25, 0.3) is 0 Å². The summed E-state index contributed by atoms with van der Waals surface area (Å²) in [4.78, 5) is 23.3. The monoisotopic (exact) mass is 348 g/mol. The van der Waals surface area contributed by atoms with Crippen LogP contribution in [0.3, 0.4) is 0 Å². The number of esters is 2. The summed E-state index contributed by atoms with van der Waals surface area (Å²) in [5.41, 5.74) is 1.20. The molecule has 2 aromatic rings. The highest BCUT2D eigenvalue weighted by Gasteiger charge is 2.16. The Balaban J connectivity index is 1.85. The lowest BCUT2D eigenvalue weighted by Crippen LogP contribution is -2.26. The summed E-state index contributed by atoms with van der Waals surface area (Å²) in [5.74, 6) is -0.364. The van der Waals surface area contributed by atoms with Crippen LogP contribution in [0.4, 0.5) is 0 Å². The largest absolute Gasteiger partial charge is 0.479 e. The predicted molar refractivity (Wildman–Crippen MR) is 89.1 cm³/mol. The molecule has 6 heteroatoms. The number of rotatable bonds is 6. The summed E-state index contributed by atoms with van der Waals surface area (Å²) >= 11 is 5.79. The molecule has 0 fully saturated rings. The summed E-state index contributed by atoms with van der Waals surface area (Å²) in [5, 5.41) is 0.591. The van der Waals surface area contributed by atoms with E-state index >= 15 is 0 Å². The fourth-order valence-corrected chi connectivity index (χ4v) is 2.02. The average molecular weight is 349 g/mol. The molecule has 0 aliphatic carbocycles. The maximum Gasteiger partial charge on any atom is 0.347 e. The van der Waals surface area contributed by atoms with E-state index in [0.717, 1.165) is 5.56 Å². The maximum atomic E-state index is 12.0. The Labute approximate surface area is 145 Å². The summed E-state index contributed by atoms with van der Waals surface area (Å²) in [6.45, 7) is 1.70. The Kier molecular flexibility index (Phi) is 6.21. The third-order valence-corrected chi connectivity index (χ3v) is 3.47. The lowest BCUT2D eigenvalue weighted by Gasteiger charge is -2.14. The molecule has 0 amide bonds. The van der Waals surface area contributed by atoms with Gasteiger partial charge >= 0.3 is 11.9 Å². The second-order valence-electron chi connectivity index (χ2n) is 5.01. The van der Waals surface area contributed by atoms with Crippen molar-refractivity contribution in [3.63, 3.8) is 0 Å². The Hall–Kier alpha value is -2.53. The van der Waals surface area contributed by atoms with Gasteiger partial charge in [0.05, 0.1) is 12.7 Å². The van der Waals surface area contributed by atoms with E-state index < -0.39 is 18.0 Å². The van der Waals surface area contributed by atoms with Crippen LogP contribution in [-0.4, -0.2) is 25.2 Å². The molecule has 5 nitrogen and oxygen atoms in total. The fourth-order valence-electron chi connectivity index (χ4n) is 1.89. The van der Waals surface area contributed by atoms with Gasteiger partial charge in [0.15, 0.2) is 6.10 Å². The van der Waals surface area contributed by atoms with Gasteiger partial charge in [-0.1, -0.05) is 23.7 Å². The van der Waals surface area contributed by atoms with Crippen molar-refractivity contribution in [3.05, 3.63) is 64.7 Å². The molecule has 0 aromatic heterocycles. The molecule has 2 aromatic carbocycles. The molecule has 0 N–H and O–H groups in total. The second-order valence-corrected chi connectivity index (χ2v) is 5.45. The zero-order valence-electron chi connectivity index (χ0n) is 13.3. The summed E-state index contributed by atoms with van der Waals surface area (Å²) in [7, 11) is 1.32. The molecule has 0 aliphatic heterocycles. The van der Waals surface area contributed by atoms with Crippen LogP contribution in [0.1, 0.15) is 22.8 Å². The van der Waals surface area contributed by atoms with Crippen LogP contribution in [0, 0.1) is 0 Å². The third-order valence-electron chi connectivity index (χ3n) is 3.21. The first-order chi connectivity index (χ1) is 11.5. The lowest BCUT2D eigenvalue weighted by molar-refractivity contribution is -0.152. The zero-order chi connectivity index (χ0) is 17.5. The number of carbonyl (C=O) groups is 2. The van der Waals surface area contributed by atoms with Gasteiger partial charge in [-0.05, 0) is 48.9 Å². The first kappa shape index (κ1) is 17.8. The number of halogens is 1. The highest BCUT2D eigenvalue weighted by Crippen LogP contribution is 2.17. The number of benzene rings is 2. The molecule has 24 heavy (non-hydrogen) atoms. The topological polar surface area (TPSA) is 61.8 Å². The minimum Gasteiger partial charge on any atom is -0.479 e.